The van der Waals surface area contributed by atoms with Crippen molar-refractivity contribution >= 4 is 26.0 Å². The molecule has 0 aromatic heterocycles. The van der Waals surface area contributed by atoms with Crippen molar-refractivity contribution in [1.82, 2.24) is 4.72 Å². The van der Waals surface area contributed by atoms with E-state index in [9.17, 15) is 8.42 Å². The van der Waals surface area contributed by atoms with Gasteiger partial charge in [0, 0.05) is 11.0 Å². The molecule has 0 saturated heterocycles. The van der Waals surface area contributed by atoms with Gasteiger partial charge >= 0.3 is 0 Å². The lowest BCUT2D eigenvalue weighted by Crippen LogP contribution is -2.25. The Morgan fingerprint density at radius 3 is 2.38 bits per heavy atom. The van der Waals surface area contributed by atoms with Gasteiger partial charge in [0.15, 0.2) is 0 Å². The first-order chi connectivity index (χ1) is 11.5. The molecule has 0 radical (unpaired) electrons. The Bertz CT molecular complexity index is 776. The van der Waals surface area contributed by atoms with Crippen molar-refractivity contribution in [2.75, 3.05) is 20.8 Å². The Kier molecular flexibility index (Phi) is 6.65. The molecule has 2 aromatic rings. The van der Waals surface area contributed by atoms with Gasteiger partial charge in [0.05, 0.1) is 14.2 Å². The minimum Gasteiger partial charge on any atom is -0.497 e. The third kappa shape index (κ3) is 4.96. The molecule has 2 aromatic carbocycles. The summed E-state index contributed by atoms with van der Waals surface area (Å²) in [7, 11) is -0.540. The molecule has 0 aliphatic heterocycles. The summed E-state index contributed by atoms with van der Waals surface area (Å²) in [6.45, 7) is 0.351. The number of ether oxygens (including phenoxy) is 2. The highest BCUT2D eigenvalue weighted by atomic mass is 79.9. The van der Waals surface area contributed by atoms with Gasteiger partial charge in [-0.15, -0.1) is 0 Å². The largest absolute Gasteiger partial charge is 0.497 e. The number of hydrogen-bond acceptors (Lipinski definition) is 4. The van der Waals surface area contributed by atoms with Crippen LogP contribution in [0.25, 0.3) is 0 Å². The number of sulfonamides is 1. The van der Waals surface area contributed by atoms with Crippen LogP contribution in [0.15, 0.2) is 51.8 Å². The molecule has 1 N–H and O–H groups in total. The van der Waals surface area contributed by atoms with Gasteiger partial charge < -0.3 is 9.47 Å². The first kappa shape index (κ1) is 18.8. The second-order valence-electron chi connectivity index (χ2n) is 5.14. The quantitative estimate of drug-likeness (QED) is 0.673. The second kappa shape index (κ2) is 8.50. The average molecular weight is 414 g/mol. The zero-order valence-electron chi connectivity index (χ0n) is 13.6. The van der Waals surface area contributed by atoms with E-state index in [-0.39, 0.29) is 4.90 Å². The zero-order chi connectivity index (χ0) is 17.6. The number of nitrogens with one attached hydrogen (secondary N) is 1. The molecule has 0 saturated carbocycles. The van der Waals surface area contributed by atoms with Crippen molar-refractivity contribution in [3.05, 3.63) is 52.5 Å². The fourth-order valence-corrected chi connectivity index (χ4v) is 4.01. The van der Waals surface area contributed by atoms with Crippen LogP contribution in [0.2, 0.25) is 0 Å². The Labute approximate surface area is 151 Å². The normalized spacial score (nSPS) is 11.3. The van der Waals surface area contributed by atoms with Crippen LogP contribution in [0.1, 0.15) is 12.0 Å². The average Bonchev–Trinajstić information content (AvgIpc) is 2.59. The predicted molar refractivity (Wildman–Crippen MR) is 97.2 cm³/mol. The molecule has 0 aliphatic rings. The van der Waals surface area contributed by atoms with E-state index in [1.807, 2.05) is 24.3 Å². The molecule has 24 heavy (non-hydrogen) atoms. The van der Waals surface area contributed by atoms with Crippen molar-refractivity contribution in [1.29, 1.82) is 0 Å². The molecule has 2 rings (SSSR count). The molecule has 130 valence electrons. The van der Waals surface area contributed by atoms with Gasteiger partial charge in [0.2, 0.25) is 10.0 Å². The molecule has 5 nitrogen and oxygen atoms in total. The lowest BCUT2D eigenvalue weighted by atomic mass is 10.1. The Morgan fingerprint density at radius 2 is 1.75 bits per heavy atom. The topological polar surface area (TPSA) is 64.6 Å². The molecule has 0 atom stereocenters. The number of hydrogen-bond donors (Lipinski definition) is 1. The van der Waals surface area contributed by atoms with Gasteiger partial charge in [-0.2, -0.15) is 0 Å². The summed E-state index contributed by atoms with van der Waals surface area (Å²) in [4.78, 5) is 0.129. The molecule has 0 unspecified atom stereocenters. The summed E-state index contributed by atoms with van der Waals surface area (Å²) in [6, 6.07) is 12.6. The van der Waals surface area contributed by atoms with E-state index < -0.39 is 10.0 Å². The van der Waals surface area contributed by atoms with E-state index in [1.165, 1.54) is 13.2 Å². The van der Waals surface area contributed by atoms with Gasteiger partial charge in [-0.1, -0.05) is 28.1 Å². The summed E-state index contributed by atoms with van der Waals surface area (Å²) in [6.07, 6.45) is 1.48. The fourth-order valence-electron chi connectivity index (χ4n) is 2.23. The Morgan fingerprint density at radius 1 is 1.04 bits per heavy atom. The molecule has 0 spiro atoms. The summed E-state index contributed by atoms with van der Waals surface area (Å²) < 4.78 is 38.4. The summed E-state index contributed by atoms with van der Waals surface area (Å²) >= 11 is 3.28. The van der Waals surface area contributed by atoms with Gasteiger partial charge in [-0.3, -0.25) is 0 Å². The van der Waals surface area contributed by atoms with Crippen molar-refractivity contribution in [3.8, 4) is 11.5 Å². The molecular weight excluding hydrogens is 394 g/mol. The van der Waals surface area contributed by atoms with Crippen molar-refractivity contribution in [2.45, 2.75) is 17.7 Å². The first-order valence-corrected chi connectivity index (χ1v) is 9.70. The molecule has 0 bridgehead atoms. The summed E-state index contributed by atoms with van der Waals surface area (Å²) in [5, 5.41) is 0. The van der Waals surface area contributed by atoms with Gasteiger partial charge in [-0.05, 0) is 48.7 Å². The van der Waals surface area contributed by atoms with Crippen LogP contribution in [0, 0.1) is 0 Å². The standard InChI is InChI=1S/C17H20BrNO4S/c1-22-15-8-5-13(6-9-15)4-3-11-19-24(20,21)17-12-14(18)7-10-16(17)23-2/h5-10,12,19H,3-4,11H2,1-2H3. The van der Waals surface area contributed by atoms with Crippen molar-refractivity contribution in [2.24, 2.45) is 0 Å². The van der Waals surface area contributed by atoms with Gasteiger partial charge in [0.25, 0.3) is 0 Å². The van der Waals surface area contributed by atoms with E-state index in [2.05, 4.69) is 20.7 Å². The number of rotatable bonds is 8. The van der Waals surface area contributed by atoms with Crippen LogP contribution >= 0.6 is 15.9 Å². The number of benzene rings is 2. The van der Waals surface area contributed by atoms with Crippen molar-refractivity contribution < 1.29 is 17.9 Å². The minimum atomic E-state index is -3.62. The van der Waals surface area contributed by atoms with Crippen LogP contribution in [-0.2, 0) is 16.4 Å². The molecule has 0 amide bonds. The van der Waals surface area contributed by atoms with Gasteiger partial charge in [0.1, 0.15) is 16.4 Å². The van der Waals surface area contributed by atoms with E-state index in [4.69, 9.17) is 9.47 Å². The monoisotopic (exact) mass is 413 g/mol. The third-order valence-corrected chi connectivity index (χ3v) is 5.48. The minimum absolute atomic E-state index is 0.129. The maximum Gasteiger partial charge on any atom is 0.244 e. The third-order valence-electron chi connectivity index (χ3n) is 3.51. The smallest absolute Gasteiger partial charge is 0.244 e. The summed E-state index contributed by atoms with van der Waals surface area (Å²) in [5.41, 5.74) is 1.13. The van der Waals surface area contributed by atoms with E-state index >= 15 is 0 Å². The molecule has 0 fully saturated rings. The van der Waals surface area contributed by atoms with E-state index in [0.717, 1.165) is 17.7 Å². The highest BCUT2D eigenvalue weighted by Crippen LogP contribution is 2.27. The number of aryl methyl sites for hydroxylation is 1. The summed E-state index contributed by atoms with van der Waals surface area (Å²) in [5.74, 6) is 1.13. The Hall–Kier alpha value is -1.57. The number of halogens is 1. The molecular formula is C17H20BrNO4S. The van der Waals surface area contributed by atoms with E-state index in [1.54, 1.807) is 19.2 Å². The highest BCUT2D eigenvalue weighted by molar-refractivity contribution is 9.10. The van der Waals surface area contributed by atoms with Crippen LogP contribution in [-0.4, -0.2) is 29.2 Å². The van der Waals surface area contributed by atoms with Gasteiger partial charge in [-0.25, -0.2) is 13.1 Å². The molecule has 0 aliphatic carbocycles. The maximum absolute atomic E-state index is 12.4. The van der Waals surface area contributed by atoms with Crippen LogP contribution in [0.3, 0.4) is 0 Å². The number of methoxy groups -OCH3 is 2. The van der Waals surface area contributed by atoms with Crippen LogP contribution in [0.5, 0.6) is 11.5 Å². The van der Waals surface area contributed by atoms with Crippen LogP contribution in [0.4, 0.5) is 0 Å². The molecule has 0 heterocycles. The highest BCUT2D eigenvalue weighted by Gasteiger charge is 2.19. The predicted octanol–water partition coefficient (Wildman–Crippen LogP) is 3.38. The fraction of sp³-hybridized carbons (Fsp3) is 0.294. The van der Waals surface area contributed by atoms with Crippen molar-refractivity contribution in [3.63, 3.8) is 0 Å². The second-order valence-corrected chi connectivity index (χ2v) is 7.80. The van der Waals surface area contributed by atoms with E-state index in [0.29, 0.717) is 23.2 Å². The first-order valence-electron chi connectivity index (χ1n) is 7.42. The Balaban J connectivity index is 1.94. The molecule has 7 heteroatoms. The lowest BCUT2D eigenvalue weighted by molar-refractivity contribution is 0.402. The maximum atomic E-state index is 12.4. The van der Waals surface area contributed by atoms with Crippen LogP contribution < -0.4 is 14.2 Å². The SMILES string of the molecule is COc1ccc(CCCNS(=O)(=O)c2cc(Br)ccc2OC)cc1. The lowest BCUT2D eigenvalue weighted by Gasteiger charge is -2.11. The zero-order valence-corrected chi connectivity index (χ0v) is 16.0.